The molecule has 0 radical (unpaired) electrons. The van der Waals surface area contributed by atoms with E-state index in [0.29, 0.717) is 24.4 Å². The average molecular weight is 395 g/mol. The zero-order chi connectivity index (χ0) is 20.1. The standard InChI is InChI=1S/C22H25N3O4/c26-21(14-17-4-2-1-3-5-17)23-18-6-7-19-20(15-18)29-16-22(27)25(19)9-8-24-10-12-28-13-11-24/h1-7,15H,8-14,16H2,(H,23,26). The number of nitrogens with zero attached hydrogens (tertiary/aromatic N) is 2. The lowest BCUT2D eigenvalue weighted by Crippen LogP contribution is -2.45. The summed E-state index contributed by atoms with van der Waals surface area (Å²) in [5.41, 5.74) is 2.36. The van der Waals surface area contributed by atoms with E-state index in [0.717, 1.165) is 44.1 Å². The van der Waals surface area contributed by atoms with Crippen LogP contribution >= 0.6 is 0 Å². The highest BCUT2D eigenvalue weighted by Gasteiger charge is 2.26. The molecule has 29 heavy (non-hydrogen) atoms. The van der Waals surface area contributed by atoms with Crippen molar-refractivity contribution in [3.05, 3.63) is 54.1 Å². The number of nitrogens with one attached hydrogen (secondary N) is 1. The predicted octanol–water partition coefficient (Wildman–Crippen LogP) is 1.93. The van der Waals surface area contributed by atoms with Gasteiger partial charge in [-0.25, -0.2) is 0 Å². The van der Waals surface area contributed by atoms with Crippen molar-refractivity contribution in [1.82, 2.24) is 4.90 Å². The van der Waals surface area contributed by atoms with Crippen LogP contribution in [0.5, 0.6) is 5.75 Å². The summed E-state index contributed by atoms with van der Waals surface area (Å²) in [6, 6.07) is 15.0. The molecule has 1 saturated heterocycles. The van der Waals surface area contributed by atoms with Crippen molar-refractivity contribution in [2.24, 2.45) is 0 Å². The van der Waals surface area contributed by atoms with E-state index < -0.39 is 0 Å². The van der Waals surface area contributed by atoms with Gasteiger partial charge in [-0.2, -0.15) is 0 Å². The van der Waals surface area contributed by atoms with Gasteiger partial charge in [-0.05, 0) is 17.7 Å². The van der Waals surface area contributed by atoms with Crippen molar-refractivity contribution in [3.63, 3.8) is 0 Å². The van der Waals surface area contributed by atoms with E-state index in [2.05, 4.69) is 10.2 Å². The number of fused-ring (bicyclic) bond motifs is 1. The summed E-state index contributed by atoms with van der Waals surface area (Å²) < 4.78 is 11.0. The van der Waals surface area contributed by atoms with Crippen LogP contribution in [0.15, 0.2) is 48.5 Å². The van der Waals surface area contributed by atoms with E-state index in [1.54, 1.807) is 11.0 Å². The lowest BCUT2D eigenvalue weighted by molar-refractivity contribution is -0.121. The van der Waals surface area contributed by atoms with Crippen molar-refractivity contribution >= 4 is 23.2 Å². The summed E-state index contributed by atoms with van der Waals surface area (Å²) in [6.07, 6.45) is 0.308. The maximum atomic E-state index is 12.4. The number of anilines is 2. The Kier molecular flexibility index (Phi) is 6.07. The molecule has 0 bridgehead atoms. The Morgan fingerprint density at radius 1 is 1.03 bits per heavy atom. The molecule has 2 aromatic rings. The van der Waals surface area contributed by atoms with E-state index in [1.165, 1.54) is 0 Å². The Balaban J connectivity index is 1.40. The zero-order valence-corrected chi connectivity index (χ0v) is 16.3. The van der Waals surface area contributed by atoms with E-state index in [9.17, 15) is 9.59 Å². The molecule has 0 aliphatic carbocycles. The number of rotatable bonds is 6. The Hall–Kier alpha value is -2.90. The average Bonchev–Trinajstić information content (AvgIpc) is 2.74. The highest BCUT2D eigenvalue weighted by Crippen LogP contribution is 2.34. The molecule has 0 saturated carbocycles. The number of hydrogen-bond donors (Lipinski definition) is 1. The Labute approximate surface area is 170 Å². The molecule has 2 amide bonds. The number of ether oxygens (including phenoxy) is 2. The van der Waals surface area contributed by atoms with E-state index in [4.69, 9.17) is 9.47 Å². The van der Waals surface area contributed by atoms with Gasteiger partial charge in [-0.3, -0.25) is 14.5 Å². The van der Waals surface area contributed by atoms with Gasteiger partial charge in [0, 0.05) is 37.9 Å². The minimum absolute atomic E-state index is 0.0114. The SMILES string of the molecule is O=C(Cc1ccccc1)Nc1ccc2c(c1)OCC(=O)N2CCN1CCOCC1. The summed E-state index contributed by atoms with van der Waals surface area (Å²) in [5.74, 6) is 0.475. The zero-order valence-electron chi connectivity index (χ0n) is 16.3. The molecule has 0 atom stereocenters. The number of benzene rings is 2. The van der Waals surface area contributed by atoms with Crippen LogP contribution < -0.4 is 15.0 Å². The summed E-state index contributed by atoms with van der Waals surface area (Å²) in [4.78, 5) is 28.8. The van der Waals surface area contributed by atoms with Gasteiger partial charge in [0.25, 0.3) is 5.91 Å². The van der Waals surface area contributed by atoms with Crippen LogP contribution in [-0.2, 0) is 20.7 Å². The molecular formula is C22H25N3O4. The molecule has 2 aliphatic rings. The molecule has 4 rings (SSSR count). The first-order valence-corrected chi connectivity index (χ1v) is 9.90. The first-order valence-electron chi connectivity index (χ1n) is 9.90. The number of carbonyl (C=O) groups is 2. The van der Waals surface area contributed by atoms with Crippen molar-refractivity contribution in [1.29, 1.82) is 0 Å². The van der Waals surface area contributed by atoms with Gasteiger partial charge in [0.1, 0.15) is 5.75 Å². The molecule has 0 unspecified atom stereocenters. The smallest absolute Gasteiger partial charge is 0.265 e. The first-order chi connectivity index (χ1) is 14.2. The Morgan fingerprint density at radius 3 is 2.62 bits per heavy atom. The van der Waals surface area contributed by atoms with E-state index in [-0.39, 0.29) is 18.4 Å². The lowest BCUT2D eigenvalue weighted by Gasteiger charge is -2.33. The molecule has 1 fully saturated rings. The molecule has 2 aliphatic heterocycles. The second-order valence-corrected chi connectivity index (χ2v) is 7.18. The predicted molar refractivity (Wildman–Crippen MR) is 110 cm³/mol. The largest absolute Gasteiger partial charge is 0.481 e. The van der Waals surface area contributed by atoms with Gasteiger partial charge < -0.3 is 19.7 Å². The topological polar surface area (TPSA) is 71.1 Å². The van der Waals surface area contributed by atoms with Crippen LogP contribution in [0.2, 0.25) is 0 Å². The maximum Gasteiger partial charge on any atom is 0.265 e. The Bertz CT molecular complexity index is 866. The third-order valence-corrected chi connectivity index (χ3v) is 5.14. The minimum atomic E-state index is -0.0905. The van der Waals surface area contributed by atoms with Gasteiger partial charge in [-0.1, -0.05) is 30.3 Å². The molecule has 1 N–H and O–H groups in total. The fourth-order valence-corrected chi connectivity index (χ4v) is 3.58. The number of amides is 2. The molecular weight excluding hydrogens is 370 g/mol. The van der Waals surface area contributed by atoms with Gasteiger partial charge in [0.05, 0.1) is 25.3 Å². The third kappa shape index (κ3) is 4.93. The second-order valence-electron chi connectivity index (χ2n) is 7.18. The quantitative estimate of drug-likeness (QED) is 0.809. The molecule has 0 aromatic heterocycles. The van der Waals surface area contributed by atoms with Crippen molar-refractivity contribution in [3.8, 4) is 5.75 Å². The monoisotopic (exact) mass is 395 g/mol. The van der Waals surface area contributed by atoms with Crippen LogP contribution in [0.25, 0.3) is 0 Å². The van der Waals surface area contributed by atoms with Crippen molar-refractivity contribution in [2.75, 3.05) is 56.2 Å². The molecule has 152 valence electrons. The second kappa shape index (κ2) is 9.07. The van der Waals surface area contributed by atoms with Gasteiger partial charge in [0.15, 0.2) is 6.61 Å². The van der Waals surface area contributed by atoms with E-state index in [1.807, 2.05) is 42.5 Å². The van der Waals surface area contributed by atoms with Gasteiger partial charge in [-0.15, -0.1) is 0 Å². The fraction of sp³-hybridized carbons (Fsp3) is 0.364. The number of hydrogen-bond acceptors (Lipinski definition) is 5. The molecule has 2 aromatic carbocycles. The van der Waals surface area contributed by atoms with Gasteiger partial charge >= 0.3 is 0 Å². The van der Waals surface area contributed by atoms with Crippen LogP contribution in [0, 0.1) is 0 Å². The summed E-state index contributed by atoms with van der Waals surface area (Å²) >= 11 is 0. The molecule has 7 nitrogen and oxygen atoms in total. The highest BCUT2D eigenvalue weighted by molar-refractivity contribution is 5.99. The first kappa shape index (κ1) is 19.4. The summed E-state index contributed by atoms with van der Waals surface area (Å²) in [6.45, 7) is 4.66. The number of carbonyl (C=O) groups excluding carboxylic acids is 2. The normalized spacial score (nSPS) is 16.8. The van der Waals surface area contributed by atoms with E-state index >= 15 is 0 Å². The molecule has 7 heteroatoms. The van der Waals surface area contributed by atoms with Crippen LogP contribution in [-0.4, -0.2) is 62.7 Å². The van der Waals surface area contributed by atoms with Gasteiger partial charge in [0.2, 0.25) is 5.91 Å². The minimum Gasteiger partial charge on any atom is -0.481 e. The van der Waals surface area contributed by atoms with Crippen LogP contribution in [0.3, 0.4) is 0 Å². The highest BCUT2D eigenvalue weighted by atomic mass is 16.5. The summed E-state index contributed by atoms with van der Waals surface area (Å²) in [5, 5.41) is 2.91. The van der Waals surface area contributed by atoms with Crippen molar-refractivity contribution < 1.29 is 19.1 Å². The third-order valence-electron chi connectivity index (χ3n) is 5.14. The van der Waals surface area contributed by atoms with Crippen LogP contribution in [0.1, 0.15) is 5.56 Å². The fourth-order valence-electron chi connectivity index (χ4n) is 3.58. The lowest BCUT2D eigenvalue weighted by atomic mass is 10.1. The molecule has 0 spiro atoms. The summed E-state index contributed by atoms with van der Waals surface area (Å²) in [7, 11) is 0. The van der Waals surface area contributed by atoms with Crippen LogP contribution in [0.4, 0.5) is 11.4 Å². The van der Waals surface area contributed by atoms with Crippen molar-refractivity contribution in [2.45, 2.75) is 6.42 Å². The molecule has 2 heterocycles. The maximum absolute atomic E-state index is 12.4. The number of morpholine rings is 1. The Morgan fingerprint density at radius 2 is 1.83 bits per heavy atom.